The second kappa shape index (κ2) is 8.87. The van der Waals surface area contributed by atoms with E-state index in [4.69, 9.17) is 21.8 Å². The first kappa shape index (κ1) is 23.1. The van der Waals surface area contributed by atoms with E-state index in [1.807, 2.05) is 18.2 Å². The van der Waals surface area contributed by atoms with Crippen molar-refractivity contribution in [2.24, 2.45) is 0 Å². The van der Waals surface area contributed by atoms with Crippen molar-refractivity contribution in [2.75, 3.05) is 11.1 Å². The Balaban J connectivity index is 1.71. The molecule has 3 rings (SSSR count). The van der Waals surface area contributed by atoms with E-state index in [2.05, 4.69) is 84.4 Å². The third kappa shape index (κ3) is 5.17. The van der Waals surface area contributed by atoms with Crippen LogP contribution < -0.4 is 11.1 Å². The van der Waals surface area contributed by atoms with Gasteiger partial charge in [-0.2, -0.15) is 0 Å². The van der Waals surface area contributed by atoms with E-state index in [-0.39, 0.29) is 5.04 Å². The lowest BCUT2D eigenvalue weighted by molar-refractivity contribution is 0.276. The molecule has 1 aromatic heterocycles. The number of hydrogen-bond donors (Lipinski definition) is 2. The van der Waals surface area contributed by atoms with Gasteiger partial charge in [-0.25, -0.2) is 4.98 Å². The van der Waals surface area contributed by atoms with Gasteiger partial charge in [0.2, 0.25) is 0 Å². The zero-order valence-corrected chi connectivity index (χ0v) is 21.5. The van der Waals surface area contributed by atoms with Gasteiger partial charge in [-0.3, -0.25) is 0 Å². The van der Waals surface area contributed by atoms with Crippen LogP contribution in [-0.2, 0) is 17.6 Å². The highest BCUT2D eigenvalue weighted by Crippen LogP contribution is 2.37. The van der Waals surface area contributed by atoms with Crippen LogP contribution in [0.2, 0.25) is 23.3 Å². The summed E-state index contributed by atoms with van der Waals surface area (Å²) in [5.41, 5.74) is 10.6. The number of anilines is 2. The average Bonchev–Trinajstić information content (AvgIpc) is 2.67. The van der Waals surface area contributed by atoms with E-state index in [1.165, 1.54) is 5.56 Å². The molecule has 0 bridgehead atoms. The summed E-state index contributed by atoms with van der Waals surface area (Å²) in [7, 11) is -1.75. The van der Waals surface area contributed by atoms with E-state index >= 15 is 0 Å². The molecule has 0 unspecified atom stereocenters. The van der Waals surface area contributed by atoms with Crippen LogP contribution in [0.15, 0.2) is 46.9 Å². The van der Waals surface area contributed by atoms with Crippen molar-refractivity contribution in [3.63, 3.8) is 0 Å². The van der Waals surface area contributed by atoms with E-state index < -0.39 is 8.32 Å². The van der Waals surface area contributed by atoms with E-state index in [1.54, 1.807) is 0 Å². The minimum Gasteiger partial charge on any atom is -0.413 e. The molecule has 4 nitrogen and oxygen atoms in total. The third-order valence-electron chi connectivity index (χ3n) is 5.84. The van der Waals surface area contributed by atoms with Gasteiger partial charge >= 0.3 is 0 Å². The molecule has 0 saturated carbocycles. The summed E-state index contributed by atoms with van der Waals surface area (Å²) in [6.07, 6.45) is 0. The fraction of sp³-hybridized carbons (Fsp3) is 0.348. The van der Waals surface area contributed by atoms with Gasteiger partial charge in [0.15, 0.2) is 13.5 Å². The Morgan fingerprint density at radius 2 is 1.73 bits per heavy atom. The van der Waals surface area contributed by atoms with Crippen LogP contribution in [0.5, 0.6) is 0 Å². The lowest BCUT2D eigenvalue weighted by Crippen LogP contribution is -2.40. The second-order valence-electron chi connectivity index (χ2n) is 9.07. The van der Waals surface area contributed by atoms with E-state index in [0.29, 0.717) is 24.0 Å². The number of hydrogen-bond acceptors (Lipinski definition) is 4. The number of nitrogens with zero attached hydrogens (tertiary/aromatic N) is 1. The topological polar surface area (TPSA) is 60.2 Å². The SMILES string of the molecule is CC(C)(C)[Si](C)(C)OCc1ccc(CNc2c(N)c(Cl)nc3cc(Br)ccc23)cc1. The largest absolute Gasteiger partial charge is 0.413 e. The molecule has 0 amide bonds. The molecule has 2 aromatic carbocycles. The number of nitrogen functional groups attached to an aromatic ring is 1. The zero-order chi connectivity index (χ0) is 22.1. The van der Waals surface area contributed by atoms with Crippen LogP contribution in [0.4, 0.5) is 11.4 Å². The minimum absolute atomic E-state index is 0.209. The molecule has 0 aliphatic carbocycles. The summed E-state index contributed by atoms with van der Waals surface area (Å²) >= 11 is 9.72. The summed E-state index contributed by atoms with van der Waals surface area (Å²) in [5.74, 6) is 0. The molecule has 0 saturated heterocycles. The molecule has 0 aliphatic rings. The summed E-state index contributed by atoms with van der Waals surface area (Å²) in [6.45, 7) is 12.6. The van der Waals surface area contributed by atoms with Gasteiger partial charge in [0.25, 0.3) is 0 Å². The summed E-state index contributed by atoms with van der Waals surface area (Å²) < 4.78 is 7.27. The molecule has 30 heavy (non-hydrogen) atoms. The molecular formula is C23H29BrClN3OSi. The summed E-state index contributed by atoms with van der Waals surface area (Å²) in [6, 6.07) is 14.4. The van der Waals surface area contributed by atoms with Gasteiger partial charge < -0.3 is 15.5 Å². The smallest absolute Gasteiger partial charge is 0.192 e. The Morgan fingerprint density at radius 3 is 2.37 bits per heavy atom. The minimum atomic E-state index is -1.75. The highest BCUT2D eigenvalue weighted by molar-refractivity contribution is 9.10. The Labute approximate surface area is 193 Å². The van der Waals surface area contributed by atoms with Gasteiger partial charge in [-0.05, 0) is 47.5 Å². The predicted octanol–water partition coefficient (Wildman–Crippen LogP) is 7.37. The van der Waals surface area contributed by atoms with Crippen molar-refractivity contribution in [3.8, 4) is 0 Å². The van der Waals surface area contributed by atoms with Crippen LogP contribution in [-0.4, -0.2) is 13.3 Å². The quantitative estimate of drug-likeness (QED) is 0.271. The van der Waals surface area contributed by atoms with Gasteiger partial charge in [-0.1, -0.05) is 72.6 Å². The number of nitrogens with two attached hydrogens (primary N) is 1. The van der Waals surface area contributed by atoms with Crippen molar-refractivity contribution in [1.82, 2.24) is 4.98 Å². The molecule has 0 radical (unpaired) electrons. The van der Waals surface area contributed by atoms with Crippen LogP contribution in [0, 0.1) is 0 Å². The first-order chi connectivity index (χ1) is 14.0. The highest BCUT2D eigenvalue weighted by Gasteiger charge is 2.36. The number of pyridine rings is 1. The van der Waals surface area contributed by atoms with Crippen LogP contribution >= 0.6 is 27.5 Å². The molecule has 3 aromatic rings. The normalized spacial score (nSPS) is 12.4. The predicted molar refractivity (Wildman–Crippen MR) is 135 cm³/mol. The lowest BCUT2D eigenvalue weighted by atomic mass is 10.1. The van der Waals surface area contributed by atoms with Gasteiger partial charge in [0.05, 0.1) is 23.5 Å². The Morgan fingerprint density at radius 1 is 1.10 bits per heavy atom. The zero-order valence-electron chi connectivity index (χ0n) is 18.1. The molecule has 160 valence electrons. The van der Waals surface area contributed by atoms with Crippen molar-refractivity contribution in [2.45, 2.75) is 52.1 Å². The summed E-state index contributed by atoms with van der Waals surface area (Å²) in [5, 5.41) is 4.90. The molecule has 1 heterocycles. The lowest BCUT2D eigenvalue weighted by Gasteiger charge is -2.36. The van der Waals surface area contributed by atoms with Gasteiger partial charge in [0.1, 0.15) is 0 Å². The number of aromatic nitrogens is 1. The second-order valence-corrected chi connectivity index (χ2v) is 15.2. The van der Waals surface area contributed by atoms with Crippen LogP contribution in [0.1, 0.15) is 31.9 Å². The van der Waals surface area contributed by atoms with Crippen LogP contribution in [0.3, 0.4) is 0 Å². The fourth-order valence-electron chi connectivity index (χ4n) is 2.84. The first-order valence-electron chi connectivity index (χ1n) is 9.98. The van der Waals surface area contributed by atoms with Crippen LogP contribution in [0.25, 0.3) is 10.9 Å². The van der Waals surface area contributed by atoms with Crippen molar-refractivity contribution >= 4 is 58.1 Å². The first-order valence-corrected chi connectivity index (χ1v) is 14.1. The van der Waals surface area contributed by atoms with Gasteiger partial charge in [0, 0.05) is 16.4 Å². The highest BCUT2D eigenvalue weighted by atomic mass is 79.9. The standard InChI is InChI=1S/C23H29BrClN3OSi/c1-23(2,3)30(4,5)29-14-16-8-6-15(7-9-16)13-27-21-18-11-10-17(24)12-19(18)28-22(25)20(21)26/h6-12H,13-14,26H2,1-5H3,(H,27,28). The number of halogens is 2. The van der Waals surface area contributed by atoms with Crippen molar-refractivity contribution in [3.05, 3.63) is 63.2 Å². The Bertz CT molecular complexity index is 1050. The van der Waals surface area contributed by atoms with E-state index in [9.17, 15) is 0 Å². The molecule has 7 heteroatoms. The maximum absolute atomic E-state index is 6.32. The molecule has 0 fully saturated rings. The monoisotopic (exact) mass is 505 g/mol. The molecular weight excluding hydrogens is 478 g/mol. The van der Waals surface area contributed by atoms with Crippen molar-refractivity contribution in [1.29, 1.82) is 0 Å². The average molecular weight is 507 g/mol. The van der Waals surface area contributed by atoms with Gasteiger partial charge in [-0.15, -0.1) is 0 Å². The maximum Gasteiger partial charge on any atom is 0.192 e. The molecule has 0 spiro atoms. The summed E-state index contributed by atoms with van der Waals surface area (Å²) in [4.78, 5) is 4.38. The maximum atomic E-state index is 6.32. The molecule has 0 aliphatic heterocycles. The number of fused-ring (bicyclic) bond motifs is 1. The Hall–Kier alpha value is -1.60. The number of nitrogens with one attached hydrogen (secondary N) is 1. The molecule has 0 atom stereocenters. The molecule has 3 N–H and O–H groups in total. The number of rotatable bonds is 6. The number of benzene rings is 2. The van der Waals surface area contributed by atoms with Crippen molar-refractivity contribution < 1.29 is 4.43 Å². The van der Waals surface area contributed by atoms with E-state index in [0.717, 1.165) is 26.6 Å². The third-order valence-corrected chi connectivity index (χ3v) is 11.1. The Kier molecular flexibility index (Phi) is 6.82. The fourth-order valence-corrected chi connectivity index (χ4v) is 4.33.